The predicted octanol–water partition coefficient (Wildman–Crippen LogP) is 1.09. The molecule has 106 valence electrons. The lowest BCUT2D eigenvalue weighted by atomic mass is 9.92. The average Bonchev–Trinajstić information content (AvgIpc) is 2.36. The minimum Gasteiger partial charge on any atom is -0.367 e. The predicted molar refractivity (Wildman–Crippen MR) is 78.5 cm³/mol. The maximum absolute atomic E-state index is 4.29. The fourth-order valence-corrected chi connectivity index (χ4v) is 2.18. The average molecular weight is 263 g/mol. The van der Waals surface area contributed by atoms with E-state index in [0.29, 0.717) is 6.04 Å². The van der Waals surface area contributed by atoms with Crippen LogP contribution in [0.4, 0.5) is 5.82 Å². The Balaban J connectivity index is 1.86. The molecule has 1 unspecified atom stereocenters. The molecule has 1 aliphatic rings. The molecule has 0 aromatic carbocycles. The van der Waals surface area contributed by atoms with E-state index >= 15 is 0 Å². The van der Waals surface area contributed by atoms with Crippen molar-refractivity contribution in [2.45, 2.75) is 32.2 Å². The molecule has 1 aromatic heterocycles. The standard InChI is InChI=1S/C14H25N5/c1-14(2,3)12-5-6-13(18-17-12)16-9-11-10-19(4)8-7-15-11/h5-6,11,15H,7-10H2,1-4H3,(H,16,18). The molecule has 2 rings (SSSR count). The van der Waals surface area contributed by atoms with Crippen LogP contribution in [0.1, 0.15) is 26.5 Å². The summed E-state index contributed by atoms with van der Waals surface area (Å²) in [5, 5.41) is 15.4. The number of nitrogens with zero attached hydrogens (tertiary/aromatic N) is 3. The summed E-state index contributed by atoms with van der Waals surface area (Å²) < 4.78 is 0. The van der Waals surface area contributed by atoms with Crippen LogP contribution in [0.5, 0.6) is 0 Å². The van der Waals surface area contributed by atoms with Gasteiger partial charge in [0, 0.05) is 37.6 Å². The molecule has 2 N–H and O–H groups in total. The molecule has 1 fully saturated rings. The third kappa shape index (κ3) is 4.14. The van der Waals surface area contributed by atoms with Crippen molar-refractivity contribution in [1.82, 2.24) is 20.4 Å². The Morgan fingerprint density at radius 2 is 2.16 bits per heavy atom. The fourth-order valence-electron chi connectivity index (χ4n) is 2.18. The summed E-state index contributed by atoms with van der Waals surface area (Å²) in [5.74, 6) is 0.850. The van der Waals surface area contributed by atoms with Gasteiger partial charge in [0.25, 0.3) is 0 Å². The van der Waals surface area contributed by atoms with Gasteiger partial charge in [0.1, 0.15) is 5.82 Å². The highest BCUT2D eigenvalue weighted by Gasteiger charge is 2.17. The third-order valence-electron chi connectivity index (χ3n) is 3.42. The monoisotopic (exact) mass is 263 g/mol. The number of rotatable bonds is 3. The highest BCUT2D eigenvalue weighted by molar-refractivity contribution is 5.34. The molecule has 1 aliphatic heterocycles. The lowest BCUT2D eigenvalue weighted by Gasteiger charge is -2.31. The number of aromatic nitrogens is 2. The van der Waals surface area contributed by atoms with Crippen LogP contribution >= 0.6 is 0 Å². The number of hydrogen-bond donors (Lipinski definition) is 2. The van der Waals surface area contributed by atoms with E-state index in [1.165, 1.54) is 0 Å². The van der Waals surface area contributed by atoms with Gasteiger partial charge in [-0.15, -0.1) is 5.10 Å². The SMILES string of the molecule is CN1CCNC(CNc2ccc(C(C)(C)C)nn2)C1. The van der Waals surface area contributed by atoms with Crippen molar-refractivity contribution in [2.24, 2.45) is 0 Å². The molecule has 1 atom stereocenters. The minimum absolute atomic E-state index is 0.0547. The van der Waals surface area contributed by atoms with Crippen molar-refractivity contribution < 1.29 is 0 Å². The first-order valence-corrected chi connectivity index (χ1v) is 6.95. The van der Waals surface area contributed by atoms with Crippen LogP contribution < -0.4 is 10.6 Å². The molecule has 5 heteroatoms. The van der Waals surface area contributed by atoms with Gasteiger partial charge in [-0.25, -0.2) is 0 Å². The molecular weight excluding hydrogens is 238 g/mol. The zero-order valence-corrected chi connectivity index (χ0v) is 12.4. The Kier molecular flexibility index (Phi) is 4.37. The minimum atomic E-state index is 0.0547. The molecule has 5 nitrogen and oxygen atoms in total. The van der Waals surface area contributed by atoms with Gasteiger partial charge in [-0.05, 0) is 19.2 Å². The topological polar surface area (TPSA) is 53.1 Å². The lowest BCUT2D eigenvalue weighted by molar-refractivity contribution is 0.244. The third-order valence-corrected chi connectivity index (χ3v) is 3.42. The maximum Gasteiger partial charge on any atom is 0.148 e. The van der Waals surface area contributed by atoms with Crippen LogP contribution in [-0.4, -0.2) is 54.4 Å². The Hall–Kier alpha value is -1.20. The number of anilines is 1. The van der Waals surface area contributed by atoms with E-state index in [9.17, 15) is 0 Å². The van der Waals surface area contributed by atoms with Gasteiger partial charge in [-0.1, -0.05) is 20.8 Å². The van der Waals surface area contributed by atoms with Crippen molar-refractivity contribution in [2.75, 3.05) is 38.5 Å². The molecule has 0 spiro atoms. The van der Waals surface area contributed by atoms with Gasteiger partial charge in [0.05, 0.1) is 5.69 Å². The normalized spacial score (nSPS) is 21.4. The second-order valence-electron chi connectivity index (χ2n) is 6.35. The molecule has 19 heavy (non-hydrogen) atoms. The molecule has 1 aromatic rings. The van der Waals surface area contributed by atoms with Gasteiger partial charge in [-0.3, -0.25) is 0 Å². The van der Waals surface area contributed by atoms with Crippen LogP contribution in [0, 0.1) is 0 Å². The Morgan fingerprint density at radius 1 is 1.37 bits per heavy atom. The summed E-state index contributed by atoms with van der Waals surface area (Å²) in [4.78, 5) is 2.34. The molecule has 1 saturated heterocycles. The molecule has 0 amide bonds. The van der Waals surface area contributed by atoms with Crippen LogP contribution in [0.2, 0.25) is 0 Å². The number of likely N-dealkylation sites (N-methyl/N-ethyl adjacent to an activating group) is 1. The van der Waals surface area contributed by atoms with Crippen molar-refractivity contribution in [1.29, 1.82) is 0 Å². The molecule has 0 bridgehead atoms. The van der Waals surface area contributed by atoms with Crippen LogP contribution in [0.3, 0.4) is 0 Å². The van der Waals surface area contributed by atoms with E-state index in [2.05, 4.69) is 59.6 Å². The Morgan fingerprint density at radius 3 is 2.74 bits per heavy atom. The van der Waals surface area contributed by atoms with Crippen molar-refractivity contribution >= 4 is 5.82 Å². The summed E-state index contributed by atoms with van der Waals surface area (Å²) in [6, 6.07) is 4.54. The van der Waals surface area contributed by atoms with E-state index in [0.717, 1.165) is 37.7 Å². The quantitative estimate of drug-likeness (QED) is 0.855. The molecule has 0 aliphatic carbocycles. The zero-order chi connectivity index (χ0) is 13.9. The first kappa shape index (κ1) is 14.2. The lowest BCUT2D eigenvalue weighted by Crippen LogP contribution is -2.51. The Labute approximate surface area is 115 Å². The number of nitrogens with one attached hydrogen (secondary N) is 2. The highest BCUT2D eigenvalue weighted by atomic mass is 15.2. The van der Waals surface area contributed by atoms with E-state index in [1.807, 2.05) is 6.07 Å². The summed E-state index contributed by atoms with van der Waals surface area (Å²) in [6.45, 7) is 10.6. The van der Waals surface area contributed by atoms with Crippen molar-refractivity contribution in [3.63, 3.8) is 0 Å². The molecular formula is C14H25N5. The van der Waals surface area contributed by atoms with Crippen LogP contribution in [-0.2, 0) is 5.41 Å². The van der Waals surface area contributed by atoms with Crippen LogP contribution in [0.25, 0.3) is 0 Å². The fraction of sp³-hybridized carbons (Fsp3) is 0.714. The summed E-state index contributed by atoms with van der Waals surface area (Å²) in [6.07, 6.45) is 0. The zero-order valence-electron chi connectivity index (χ0n) is 12.4. The van der Waals surface area contributed by atoms with E-state index in [4.69, 9.17) is 0 Å². The first-order valence-electron chi connectivity index (χ1n) is 6.95. The molecule has 0 saturated carbocycles. The largest absolute Gasteiger partial charge is 0.367 e. The molecule has 0 radical (unpaired) electrons. The second kappa shape index (κ2) is 5.84. The summed E-state index contributed by atoms with van der Waals surface area (Å²) in [5.41, 5.74) is 1.08. The van der Waals surface area contributed by atoms with Crippen LogP contribution in [0.15, 0.2) is 12.1 Å². The van der Waals surface area contributed by atoms with Gasteiger partial charge in [0.15, 0.2) is 0 Å². The smallest absolute Gasteiger partial charge is 0.148 e. The highest BCUT2D eigenvalue weighted by Crippen LogP contribution is 2.19. The Bertz CT molecular complexity index is 395. The first-order chi connectivity index (χ1) is 8.95. The number of hydrogen-bond acceptors (Lipinski definition) is 5. The van der Waals surface area contributed by atoms with E-state index < -0.39 is 0 Å². The maximum atomic E-state index is 4.29. The van der Waals surface area contributed by atoms with Crippen molar-refractivity contribution in [3.05, 3.63) is 17.8 Å². The van der Waals surface area contributed by atoms with Gasteiger partial charge >= 0.3 is 0 Å². The molecule has 2 heterocycles. The summed E-state index contributed by atoms with van der Waals surface area (Å²) >= 11 is 0. The van der Waals surface area contributed by atoms with Gasteiger partial charge < -0.3 is 15.5 Å². The van der Waals surface area contributed by atoms with E-state index in [1.54, 1.807) is 0 Å². The number of piperazine rings is 1. The van der Waals surface area contributed by atoms with E-state index in [-0.39, 0.29) is 5.41 Å². The van der Waals surface area contributed by atoms with Crippen molar-refractivity contribution in [3.8, 4) is 0 Å². The second-order valence-corrected chi connectivity index (χ2v) is 6.35. The van der Waals surface area contributed by atoms with Gasteiger partial charge in [0.2, 0.25) is 0 Å². The summed E-state index contributed by atoms with van der Waals surface area (Å²) in [7, 11) is 2.16. The van der Waals surface area contributed by atoms with Gasteiger partial charge in [-0.2, -0.15) is 5.10 Å².